The van der Waals surface area contributed by atoms with Crippen LogP contribution in [0.2, 0.25) is 0 Å². The number of nitrogens with zero attached hydrogens (tertiary/aromatic N) is 5. The molecule has 0 atom stereocenters. The Morgan fingerprint density at radius 3 is 2.77 bits per heavy atom. The third-order valence-electron chi connectivity index (χ3n) is 4.61. The number of imidazole rings is 1. The van der Waals surface area contributed by atoms with E-state index in [0.717, 1.165) is 47.7 Å². The van der Waals surface area contributed by atoms with Crippen molar-refractivity contribution in [3.05, 3.63) is 42.0 Å². The van der Waals surface area contributed by atoms with E-state index in [-0.39, 0.29) is 5.91 Å². The van der Waals surface area contributed by atoms with Crippen molar-refractivity contribution in [2.24, 2.45) is 0 Å². The zero-order chi connectivity index (χ0) is 18.7. The summed E-state index contributed by atoms with van der Waals surface area (Å²) in [4.78, 5) is 18.8. The van der Waals surface area contributed by atoms with Crippen LogP contribution in [0.4, 0.5) is 5.69 Å². The summed E-state index contributed by atoms with van der Waals surface area (Å²) in [5.74, 6) is -0.0233. The van der Waals surface area contributed by atoms with Gasteiger partial charge in [-0.15, -0.1) is 0 Å². The number of anilines is 1. The van der Waals surface area contributed by atoms with Crippen molar-refractivity contribution in [2.75, 3.05) is 25.5 Å². The highest BCUT2D eigenvalue weighted by molar-refractivity contribution is 5.93. The molecule has 1 N–H and O–H groups in total. The third kappa shape index (κ3) is 3.77. The highest BCUT2D eigenvalue weighted by Crippen LogP contribution is 2.19. The standard InChI is InChI=1S/C19H26N6O/c1-5-25-15(3)19(14(2)22-25)21-18(26)12-23(4)10-11-24-13-20-16-8-6-7-9-17(16)24/h6-9,13H,5,10-12H2,1-4H3,(H,21,26). The molecule has 0 saturated carbocycles. The number of hydrogen-bond acceptors (Lipinski definition) is 4. The molecule has 2 aromatic heterocycles. The Kier molecular flexibility index (Phi) is 5.37. The molecule has 0 fully saturated rings. The highest BCUT2D eigenvalue weighted by atomic mass is 16.2. The summed E-state index contributed by atoms with van der Waals surface area (Å²) in [6.45, 7) is 8.62. The van der Waals surface area contributed by atoms with Crippen molar-refractivity contribution >= 4 is 22.6 Å². The Hall–Kier alpha value is -2.67. The highest BCUT2D eigenvalue weighted by Gasteiger charge is 2.14. The van der Waals surface area contributed by atoms with Crippen LogP contribution < -0.4 is 5.32 Å². The predicted octanol–water partition coefficient (Wildman–Crippen LogP) is 2.44. The molecule has 1 amide bonds. The van der Waals surface area contributed by atoms with Crippen LogP contribution in [0, 0.1) is 13.8 Å². The van der Waals surface area contributed by atoms with Gasteiger partial charge in [0.25, 0.3) is 0 Å². The van der Waals surface area contributed by atoms with Crippen molar-refractivity contribution in [2.45, 2.75) is 33.9 Å². The number of hydrogen-bond donors (Lipinski definition) is 1. The molecule has 2 heterocycles. The number of fused-ring (bicyclic) bond motifs is 1. The number of carbonyl (C=O) groups is 1. The van der Waals surface area contributed by atoms with E-state index in [1.807, 2.05) is 61.9 Å². The Morgan fingerprint density at radius 1 is 1.27 bits per heavy atom. The lowest BCUT2D eigenvalue weighted by atomic mass is 10.3. The lowest BCUT2D eigenvalue weighted by Gasteiger charge is -2.17. The number of benzene rings is 1. The number of likely N-dealkylation sites (N-methyl/N-ethyl adjacent to an activating group) is 1. The number of amides is 1. The van der Waals surface area contributed by atoms with Crippen molar-refractivity contribution < 1.29 is 4.79 Å². The number of aromatic nitrogens is 4. The van der Waals surface area contributed by atoms with Crippen LogP contribution in [-0.2, 0) is 17.9 Å². The maximum Gasteiger partial charge on any atom is 0.238 e. The molecule has 3 aromatic rings. The lowest BCUT2D eigenvalue weighted by molar-refractivity contribution is -0.117. The van der Waals surface area contributed by atoms with Gasteiger partial charge in [0.1, 0.15) is 0 Å². The van der Waals surface area contributed by atoms with E-state index in [0.29, 0.717) is 6.54 Å². The first-order valence-corrected chi connectivity index (χ1v) is 8.92. The van der Waals surface area contributed by atoms with Crippen LogP contribution in [0.15, 0.2) is 30.6 Å². The van der Waals surface area contributed by atoms with E-state index < -0.39 is 0 Å². The molecule has 0 spiro atoms. The Morgan fingerprint density at radius 2 is 2.04 bits per heavy atom. The first-order chi connectivity index (χ1) is 12.5. The number of rotatable bonds is 7. The molecule has 0 radical (unpaired) electrons. The molecule has 7 heteroatoms. The second-order valence-corrected chi connectivity index (χ2v) is 6.57. The number of para-hydroxylation sites is 2. The van der Waals surface area contributed by atoms with Crippen molar-refractivity contribution in [1.29, 1.82) is 0 Å². The first-order valence-electron chi connectivity index (χ1n) is 8.92. The molecule has 0 aliphatic carbocycles. The zero-order valence-electron chi connectivity index (χ0n) is 15.9. The second-order valence-electron chi connectivity index (χ2n) is 6.57. The van der Waals surface area contributed by atoms with E-state index in [9.17, 15) is 4.79 Å². The van der Waals surface area contributed by atoms with Gasteiger partial charge in [-0.1, -0.05) is 12.1 Å². The minimum absolute atomic E-state index is 0.0233. The fraction of sp³-hybridized carbons (Fsp3) is 0.421. The predicted molar refractivity (Wildman–Crippen MR) is 103 cm³/mol. The molecule has 0 saturated heterocycles. The topological polar surface area (TPSA) is 68.0 Å². The Bertz CT molecular complexity index is 910. The average Bonchev–Trinajstić information content (AvgIpc) is 3.15. The van der Waals surface area contributed by atoms with Crippen LogP contribution in [0.1, 0.15) is 18.3 Å². The van der Waals surface area contributed by atoms with Gasteiger partial charge in [0.15, 0.2) is 0 Å². The molecule has 1 aromatic carbocycles. The maximum absolute atomic E-state index is 12.4. The van der Waals surface area contributed by atoms with Crippen LogP contribution in [-0.4, -0.2) is 50.3 Å². The Labute approximate surface area is 153 Å². The molecule has 138 valence electrons. The molecule has 0 aliphatic rings. The number of carbonyl (C=O) groups excluding carboxylic acids is 1. The van der Waals surface area contributed by atoms with E-state index in [4.69, 9.17) is 0 Å². The summed E-state index contributed by atoms with van der Waals surface area (Å²) in [6.07, 6.45) is 1.85. The van der Waals surface area contributed by atoms with Gasteiger partial charge in [0.05, 0.1) is 41.0 Å². The van der Waals surface area contributed by atoms with Crippen molar-refractivity contribution in [3.8, 4) is 0 Å². The summed E-state index contributed by atoms with van der Waals surface area (Å²) in [6, 6.07) is 8.07. The summed E-state index contributed by atoms with van der Waals surface area (Å²) in [5, 5.41) is 7.44. The second kappa shape index (κ2) is 7.70. The molecule has 0 unspecified atom stereocenters. The van der Waals surface area contributed by atoms with Crippen LogP contribution in [0.5, 0.6) is 0 Å². The molecule has 0 aliphatic heterocycles. The lowest BCUT2D eigenvalue weighted by Crippen LogP contribution is -2.32. The maximum atomic E-state index is 12.4. The largest absolute Gasteiger partial charge is 0.329 e. The quantitative estimate of drug-likeness (QED) is 0.708. The minimum atomic E-state index is -0.0233. The van der Waals surface area contributed by atoms with Gasteiger partial charge in [-0.05, 0) is 40.0 Å². The minimum Gasteiger partial charge on any atom is -0.329 e. The summed E-state index contributed by atoms with van der Waals surface area (Å²) in [5.41, 5.74) is 4.78. The molecular weight excluding hydrogens is 328 g/mol. The van der Waals surface area contributed by atoms with Gasteiger partial charge in [0.2, 0.25) is 5.91 Å². The normalized spacial score (nSPS) is 11.4. The first kappa shape index (κ1) is 18.1. The zero-order valence-corrected chi connectivity index (χ0v) is 15.9. The van der Waals surface area contributed by atoms with E-state index >= 15 is 0 Å². The molecule has 26 heavy (non-hydrogen) atoms. The van der Waals surface area contributed by atoms with Gasteiger partial charge in [-0.2, -0.15) is 5.10 Å². The summed E-state index contributed by atoms with van der Waals surface area (Å²) >= 11 is 0. The van der Waals surface area contributed by atoms with E-state index in [1.165, 1.54) is 0 Å². The van der Waals surface area contributed by atoms with Gasteiger partial charge < -0.3 is 9.88 Å². The van der Waals surface area contributed by atoms with Crippen LogP contribution in [0.25, 0.3) is 11.0 Å². The summed E-state index contributed by atoms with van der Waals surface area (Å²) < 4.78 is 4.02. The van der Waals surface area contributed by atoms with E-state index in [1.54, 1.807) is 0 Å². The van der Waals surface area contributed by atoms with Crippen LogP contribution >= 0.6 is 0 Å². The monoisotopic (exact) mass is 354 g/mol. The van der Waals surface area contributed by atoms with Gasteiger partial charge >= 0.3 is 0 Å². The van der Waals surface area contributed by atoms with Gasteiger partial charge in [0, 0.05) is 19.6 Å². The van der Waals surface area contributed by atoms with Gasteiger partial charge in [-0.3, -0.25) is 14.4 Å². The smallest absolute Gasteiger partial charge is 0.238 e. The fourth-order valence-electron chi connectivity index (χ4n) is 3.16. The third-order valence-corrected chi connectivity index (χ3v) is 4.61. The Balaban J connectivity index is 1.55. The van der Waals surface area contributed by atoms with Crippen molar-refractivity contribution in [1.82, 2.24) is 24.2 Å². The molecule has 0 bridgehead atoms. The SMILES string of the molecule is CCn1nc(C)c(NC(=O)CN(C)CCn2cnc3ccccc32)c1C. The van der Waals surface area contributed by atoms with Gasteiger partial charge in [-0.25, -0.2) is 4.98 Å². The van der Waals surface area contributed by atoms with E-state index in [2.05, 4.69) is 26.0 Å². The molecule has 7 nitrogen and oxygen atoms in total. The number of nitrogens with one attached hydrogen (secondary N) is 1. The average molecular weight is 354 g/mol. The fourth-order valence-corrected chi connectivity index (χ4v) is 3.16. The molecule has 3 rings (SSSR count). The molecular formula is C19H26N6O. The van der Waals surface area contributed by atoms with Crippen LogP contribution in [0.3, 0.4) is 0 Å². The van der Waals surface area contributed by atoms with Crippen molar-refractivity contribution in [3.63, 3.8) is 0 Å². The number of aryl methyl sites for hydroxylation is 2. The summed E-state index contributed by atoms with van der Waals surface area (Å²) in [7, 11) is 1.95.